The van der Waals surface area contributed by atoms with Crippen molar-refractivity contribution in [2.75, 3.05) is 6.54 Å². The average Bonchev–Trinajstić information content (AvgIpc) is 2.85. The number of hydrogen-bond donors (Lipinski definition) is 1. The Hall–Kier alpha value is -1.65. The van der Waals surface area contributed by atoms with Crippen LogP contribution in [0.2, 0.25) is 0 Å². The maximum Gasteiger partial charge on any atom is 0.124 e. The first-order valence-electron chi connectivity index (χ1n) is 6.89. The Labute approximate surface area is 131 Å². The predicted octanol–water partition coefficient (Wildman–Crippen LogP) is 4.09. The molecule has 0 aliphatic heterocycles. The van der Waals surface area contributed by atoms with Gasteiger partial charge in [0.25, 0.3) is 0 Å². The highest BCUT2D eigenvalue weighted by Crippen LogP contribution is 2.23. The lowest BCUT2D eigenvalue weighted by Crippen LogP contribution is -2.03. The molecule has 1 heterocycles. The fourth-order valence-corrected chi connectivity index (χ4v) is 3.00. The molecule has 0 aliphatic carbocycles. The fourth-order valence-electron chi connectivity index (χ4n) is 2.52. The summed E-state index contributed by atoms with van der Waals surface area (Å²) in [5.74, 6) is -0.228. The van der Waals surface area contributed by atoms with Gasteiger partial charge in [-0.3, -0.25) is 0 Å². The summed E-state index contributed by atoms with van der Waals surface area (Å²) in [6, 6.07) is 13.3. The quantitative estimate of drug-likeness (QED) is 0.757. The highest BCUT2D eigenvalue weighted by atomic mass is 79.9. The van der Waals surface area contributed by atoms with E-state index < -0.39 is 0 Å². The molecule has 0 atom stereocenters. The zero-order valence-corrected chi connectivity index (χ0v) is 13.1. The van der Waals surface area contributed by atoms with Gasteiger partial charge in [-0.05, 0) is 53.7 Å². The molecular formula is C17H16BrFN2. The van der Waals surface area contributed by atoms with Gasteiger partial charge in [0.15, 0.2) is 0 Å². The monoisotopic (exact) mass is 346 g/mol. The van der Waals surface area contributed by atoms with Crippen LogP contribution in [0.25, 0.3) is 10.9 Å². The number of halogens is 2. The van der Waals surface area contributed by atoms with E-state index in [1.807, 2.05) is 6.07 Å². The van der Waals surface area contributed by atoms with Gasteiger partial charge < -0.3 is 10.3 Å². The summed E-state index contributed by atoms with van der Waals surface area (Å²) < 4.78 is 16.1. The SMILES string of the molecule is NCCc1ccc2ccn(Cc3ccc(F)cc3Br)c2c1. The lowest BCUT2D eigenvalue weighted by Gasteiger charge is -2.09. The van der Waals surface area contributed by atoms with E-state index in [4.69, 9.17) is 5.73 Å². The highest BCUT2D eigenvalue weighted by Gasteiger charge is 2.06. The third-order valence-corrected chi connectivity index (χ3v) is 4.37. The second-order valence-corrected chi connectivity index (χ2v) is 5.97. The molecule has 0 bridgehead atoms. The molecule has 0 aliphatic rings. The van der Waals surface area contributed by atoms with Crippen molar-refractivity contribution in [2.24, 2.45) is 5.73 Å². The van der Waals surface area contributed by atoms with Crippen molar-refractivity contribution >= 4 is 26.8 Å². The maximum absolute atomic E-state index is 13.2. The molecule has 4 heteroatoms. The van der Waals surface area contributed by atoms with Crippen molar-refractivity contribution < 1.29 is 4.39 Å². The summed E-state index contributed by atoms with van der Waals surface area (Å²) >= 11 is 3.43. The van der Waals surface area contributed by atoms with Gasteiger partial charge in [-0.1, -0.05) is 34.1 Å². The van der Waals surface area contributed by atoms with Crippen molar-refractivity contribution in [1.29, 1.82) is 0 Å². The van der Waals surface area contributed by atoms with Crippen LogP contribution in [0, 0.1) is 5.82 Å². The number of hydrogen-bond acceptors (Lipinski definition) is 1. The van der Waals surface area contributed by atoms with Gasteiger partial charge in [-0.2, -0.15) is 0 Å². The van der Waals surface area contributed by atoms with Crippen LogP contribution in [-0.2, 0) is 13.0 Å². The van der Waals surface area contributed by atoms with Crippen molar-refractivity contribution in [3.8, 4) is 0 Å². The zero-order chi connectivity index (χ0) is 14.8. The molecule has 2 nitrogen and oxygen atoms in total. The largest absolute Gasteiger partial charge is 0.343 e. The molecule has 108 valence electrons. The van der Waals surface area contributed by atoms with E-state index in [0.717, 1.165) is 16.5 Å². The summed E-state index contributed by atoms with van der Waals surface area (Å²) in [6.45, 7) is 1.35. The maximum atomic E-state index is 13.2. The second kappa shape index (κ2) is 6.00. The molecule has 1 aromatic heterocycles. The zero-order valence-electron chi connectivity index (χ0n) is 11.5. The Morgan fingerprint density at radius 2 is 1.95 bits per heavy atom. The molecule has 21 heavy (non-hydrogen) atoms. The number of fused-ring (bicyclic) bond motifs is 1. The average molecular weight is 347 g/mol. The van der Waals surface area contributed by atoms with Crippen LogP contribution in [0.5, 0.6) is 0 Å². The van der Waals surface area contributed by atoms with E-state index in [1.54, 1.807) is 0 Å². The Morgan fingerprint density at radius 1 is 1.10 bits per heavy atom. The van der Waals surface area contributed by atoms with E-state index in [0.29, 0.717) is 13.1 Å². The standard InChI is InChI=1S/C17H16BrFN2/c18-16-10-15(19)4-3-14(16)11-21-8-6-13-2-1-12(5-7-20)9-17(13)21/h1-4,6,8-10H,5,7,11,20H2. The van der Waals surface area contributed by atoms with E-state index in [-0.39, 0.29) is 5.82 Å². The number of rotatable bonds is 4. The Bertz CT molecular complexity index is 780. The molecule has 0 spiro atoms. The molecule has 0 saturated heterocycles. The Balaban J connectivity index is 1.98. The van der Waals surface area contributed by atoms with E-state index >= 15 is 0 Å². The molecular weight excluding hydrogens is 331 g/mol. The molecule has 0 fully saturated rings. The fraction of sp³-hybridized carbons (Fsp3) is 0.176. The highest BCUT2D eigenvalue weighted by molar-refractivity contribution is 9.10. The molecule has 3 rings (SSSR count). The minimum atomic E-state index is -0.228. The summed E-state index contributed by atoms with van der Waals surface area (Å²) in [5.41, 5.74) is 9.10. The first kappa shape index (κ1) is 14.3. The van der Waals surface area contributed by atoms with Gasteiger partial charge in [0.1, 0.15) is 5.82 Å². The van der Waals surface area contributed by atoms with Gasteiger partial charge in [0.05, 0.1) is 0 Å². The lowest BCUT2D eigenvalue weighted by atomic mass is 10.1. The van der Waals surface area contributed by atoms with Gasteiger partial charge in [-0.15, -0.1) is 0 Å². The van der Waals surface area contributed by atoms with Crippen molar-refractivity contribution in [1.82, 2.24) is 4.57 Å². The van der Waals surface area contributed by atoms with E-state index in [2.05, 4.69) is 51.0 Å². The predicted molar refractivity (Wildman–Crippen MR) is 87.9 cm³/mol. The first-order valence-corrected chi connectivity index (χ1v) is 7.68. The van der Waals surface area contributed by atoms with E-state index in [9.17, 15) is 4.39 Å². The summed E-state index contributed by atoms with van der Waals surface area (Å²) in [5, 5.41) is 1.20. The number of benzene rings is 2. The first-order chi connectivity index (χ1) is 10.2. The summed E-state index contributed by atoms with van der Waals surface area (Å²) in [4.78, 5) is 0. The van der Waals surface area contributed by atoms with Crippen LogP contribution < -0.4 is 5.73 Å². The summed E-state index contributed by atoms with van der Waals surface area (Å²) in [7, 11) is 0. The molecule has 0 radical (unpaired) electrons. The van der Waals surface area contributed by atoms with Gasteiger partial charge >= 0.3 is 0 Å². The molecule has 0 amide bonds. The minimum absolute atomic E-state index is 0.228. The van der Waals surface area contributed by atoms with Gasteiger partial charge in [0.2, 0.25) is 0 Å². The normalized spacial score (nSPS) is 11.2. The molecule has 2 N–H and O–H groups in total. The number of aromatic nitrogens is 1. The van der Waals surface area contributed by atoms with Crippen LogP contribution in [0.4, 0.5) is 4.39 Å². The topological polar surface area (TPSA) is 30.9 Å². The number of nitrogens with zero attached hydrogens (tertiary/aromatic N) is 1. The molecule has 3 aromatic rings. The summed E-state index contributed by atoms with van der Waals surface area (Å²) in [6.07, 6.45) is 2.94. The van der Waals surface area contributed by atoms with Gasteiger partial charge in [0, 0.05) is 22.7 Å². The Morgan fingerprint density at radius 3 is 2.71 bits per heavy atom. The third kappa shape index (κ3) is 3.01. The van der Waals surface area contributed by atoms with Crippen molar-refractivity contribution in [3.05, 3.63) is 70.1 Å². The molecule has 0 saturated carbocycles. The van der Waals surface area contributed by atoms with E-state index in [1.165, 1.54) is 28.6 Å². The molecule has 0 unspecified atom stereocenters. The van der Waals surface area contributed by atoms with Crippen LogP contribution in [0.15, 0.2) is 53.1 Å². The van der Waals surface area contributed by atoms with Crippen molar-refractivity contribution in [2.45, 2.75) is 13.0 Å². The van der Waals surface area contributed by atoms with Crippen LogP contribution >= 0.6 is 15.9 Å². The Kier molecular flexibility index (Phi) is 4.08. The third-order valence-electron chi connectivity index (χ3n) is 3.63. The van der Waals surface area contributed by atoms with Crippen LogP contribution in [0.3, 0.4) is 0 Å². The van der Waals surface area contributed by atoms with Crippen molar-refractivity contribution in [3.63, 3.8) is 0 Å². The van der Waals surface area contributed by atoms with Gasteiger partial charge in [-0.25, -0.2) is 4.39 Å². The lowest BCUT2D eigenvalue weighted by molar-refractivity contribution is 0.625. The second-order valence-electron chi connectivity index (χ2n) is 5.11. The minimum Gasteiger partial charge on any atom is -0.343 e. The van der Waals surface area contributed by atoms with Crippen LogP contribution in [0.1, 0.15) is 11.1 Å². The smallest absolute Gasteiger partial charge is 0.124 e. The number of nitrogens with two attached hydrogens (primary N) is 1. The molecule has 2 aromatic carbocycles. The van der Waals surface area contributed by atoms with Crippen LogP contribution in [-0.4, -0.2) is 11.1 Å².